The number of fused-ring (bicyclic) bond motifs is 1. The average molecular weight is 415 g/mol. The third kappa shape index (κ3) is 4.38. The fourth-order valence-electron chi connectivity index (χ4n) is 2.54. The summed E-state index contributed by atoms with van der Waals surface area (Å²) in [5.74, 6) is -0.357. The van der Waals surface area contributed by atoms with Crippen LogP contribution in [0.3, 0.4) is 0 Å². The van der Waals surface area contributed by atoms with Gasteiger partial charge in [0.2, 0.25) is 0 Å². The van der Waals surface area contributed by atoms with Crippen LogP contribution in [0.4, 0.5) is 0 Å². The first kappa shape index (κ1) is 18.3. The minimum absolute atomic E-state index is 0.0992. The van der Waals surface area contributed by atoms with Gasteiger partial charge in [-0.2, -0.15) is 0 Å². The number of halogens is 1. The van der Waals surface area contributed by atoms with E-state index in [4.69, 9.17) is 4.74 Å². The van der Waals surface area contributed by atoms with E-state index in [1.165, 1.54) is 0 Å². The molecule has 2 aromatic heterocycles. The Hall–Kier alpha value is -2.47. The molecule has 0 fully saturated rings. The molecule has 0 spiro atoms. The number of carbonyl (C=O) groups excluding carboxylic acids is 1. The summed E-state index contributed by atoms with van der Waals surface area (Å²) in [5, 5.41) is 1.73. The fraction of sp³-hybridized carbons (Fsp3) is 0.250. The summed E-state index contributed by atoms with van der Waals surface area (Å²) in [4.78, 5) is 28.5. The number of hydrogen-bond donors (Lipinski definition) is 0. The van der Waals surface area contributed by atoms with E-state index < -0.39 is 5.60 Å². The van der Waals surface area contributed by atoms with E-state index in [9.17, 15) is 9.59 Å². The van der Waals surface area contributed by atoms with Crippen molar-refractivity contribution in [1.82, 2.24) is 9.55 Å². The highest BCUT2D eigenvalue weighted by Crippen LogP contribution is 2.16. The zero-order valence-electron chi connectivity index (χ0n) is 14.8. The molecular weight excluding hydrogens is 396 g/mol. The van der Waals surface area contributed by atoms with Gasteiger partial charge in [0.05, 0.1) is 12.1 Å². The smallest absolute Gasteiger partial charge is 0.338 e. The molecule has 0 N–H and O–H groups in total. The summed E-state index contributed by atoms with van der Waals surface area (Å²) in [7, 11) is 0. The van der Waals surface area contributed by atoms with Gasteiger partial charge in [0.1, 0.15) is 10.2 Å². The maximum Gasteiger partial charge on any atom is 0.338 e. The van der Waals surface area contributed by atoms with Gasteiger partial charge in [-0.25, -0.2) is 9.78 Å². The Bertz CT molecular complexity index is 1020. The summed E-state index contributed by atoms with van der Waals surface area (Å²) in [5.41, 5.74) is 0.784. The zero-order valence-corrected chi connectivity index (χ0v) is 16.4. The monoisotopic (exact) mass is 414 g/mol. The lowest BCUT2D eigenvalue weighted by atomic mass is 10.1. The van der Waals surface area contributed by atoms with Crippen molar-refractivity contribution in [2.24, 2.45) is 0 Å². The second-order valence-corrected chi connectivity index (χ2v) is 7.89. The molecular formula is C20H19BrN2O3. The number of aromatic nitrogens is 2. The van der Waals surface area contributed by atoms with Crippen LogP contribution in [0.2, 0.25) is 0 Å². The van der Waals surface area contributed by atoms with Crippen molar-refractivity contribution in [2.45, 2.75) is 32.9 Å². The highest BCUT2D eigenvalue weighted by Gasteiger charge is 2.17. The molecule has 6 heteroatoms. The molecule has 5 nitrogen and oxygen atoms in total. The molecule has 0 amide bonds. The average Bonchev–Trinajstić information content (AvgIpc) is 2.55. The molecule has 3 aromatic rings. The molecule has 0 bridgehead atoms. The Balaban J connectivity index is 1.83. The standard InChI is InChI=1S/C20H19BrN2O3/c1-20(2,3)26-19(25)14-6-4-13(5-7-14)11-23-12-16-8-17(21)22-10-15(16)9-18(23)24/h4-10,12H,11H2,1-3H3. The van der Waals surface area contributed by atoms with E-state index in [1.807, 2.05) is 45.2 Å². The minimum atomic E-state index is -0.530. The third-order valence-electron chi connectivity index (χ3n) is 3.73. The topological polar surface area (TPSA) is 61.2 Å². The van der Waals surface area contributed by atoms with Crippen molar-refractivity contribution < 1.29 is 9.53 Å². The van der Waals surface area contributed by atoms with Crippen LogP contribution in [0.25, 0.3) is 10.8 Å². The highest BCUT2D eigenvalue weighted by atomic mass is 79.9. The molecule has 0 aliphatic carbocycles. The normalized spacial score (nSPS) is 11.5. The number of carbonyl (C=O) groups is 1. The van der Waals surface area contributed by atoms with Crippen LogP contribution in [-0.2, 0) is 11.3 Å². The molecule has 2 heterocycles. The lowest BCUT2D eigenvalue weighted by Crippen LogP contribution is -2.24. The van der Waals surface area contributed by atoms with Crippen LogP contribution >= 0.6 is 15.9 Å². The third-order valence-corrected chi connectivity index (χ3v) is 4.17. The predicted molar refractivity (Wildman–Crippen MR) is 104 cm³/mol. The quantitative estimate of drug-likeness (QED) is 0.476. The Morgan fingerprint density at radius 1 is 1.15 bits per heavy atom. The summed E-state index contributed by atoms with van der Waals surface area (Å²) in [6, 6.07) is 10.5. The number of pyridine rings is 2. The van der Waals surface area contributed by atoms with Gasteiger partial charge in [-0.15, -0.1) is 0 Å². The molecule has 1 aromatic carbocycles. The SMILES string of the molecule is CC(C)(C)OC(=O)c1ccc(Cn2cc3cc(Br)ncc3cc2=O)cc1. The number of esters is 1. The van der Waals surface area contributed by atoms with Crippen molar-refractivity contribution in [3.63, 3.8) is 0 Å². The van der Waals surface area contributed by atoms with Gasteiger partial charge in [-0.05, 0) is 60.5 Å². The molecule has 134 valence electrons. The van der Waals surface area contributed by atoms with Crippen LogP contribution in [0.1, 0.15) is 36.7 Å². The number of ether oxygens (including phenoxy) is 1. The molecule has 0 saturated heterocycles. The first-order valence-corrected chi connectivity index (χ1v) is 8.99. The molecule has 0 unspecified atom stereocenters. The lowest BCUT2D eigenvalue weighted by Gasteiger charge is -2.19. The first-order valence-electron chi connectivity index (χ1n) is 8.19. The molecule has 26 heavy (non-hydrogen) atoms. The predicted octanol–water partition coefficient (Wildman–Crippen LogP) is 4.16. The molecule has 0 atom stereocenters. The first-order chi connectivity index (χ1) is 12.2. The van der Waals surface area contributed by atoms with Crippen molar-refractivity contribution in [3.8, 4) is 0 Å². The van der Waals surface area contributed by atoms with Gasteiger partial charge in [0.15, 0.2) is 0 Å². The molecule has 0 radical (unpaired) electrons. The van der Waals surface area contributed by atoms with Crippen molar-refractivity contribution in [3.05, 3.63) is 74.9 Å². The van der Waals surface area contributed by atoms with Crippen molar-refractivity contribution in [1.29, 1.82) is 0 Å². The Morgan fingerprint density at radius 3 is 2.50 bits per heavy atom. The van der Waals surface area contributed by atoms with Crippen LogP contribution in [0, 0.1) is 0 Å². The zero-order chi connectivity index (χ0) is 18.9. The molecule has 0 saturated carbocycles. The van der Waals surface area contributed by atoms with E-state index in [2.05, 4.69) is 20.9 Å². The van der Waals surface area contributed by atoms with Crippen molar-refractivity contribution in [2.75, 3.05) is 0 Å². The number of nitrogens with zero attached hydrogens (tertiary/aromatic N) is 2. The maximum absolute atomic E-state index is 12.3. The number of rotatable bonds is 3. The Labute approximate surface area is 159 Å². The number of hydrogen-bond acceptors (Lipinski definition) is 4. The van der Waals surface area contributed by atoms with Crippen LogP contribution in [0.15, 0.2) is 58.2 Å². The Kier molecular flexibility index (Phi) is 4.96. The molecule has 0 aliphatic rings. The van der Waals surface area contributed by atoms with E-state index >= 15 is 0 Å². The van der Waals surface area contributed by atoms with E-state index in [0.29, 0.717) is 12.1 Å². The second-order valence-electron chi connectivity index (χ2n) is 7.07. The summed E-state index contributed by atoms with van der Waals surface area (Å²) >= 11 is 3.34. The fourth-order valence-corrected chi connectivity index (χ4v) is 2.89. The van der Waals surface area contributed by atoms with E-state index in [0.717, 1.165) is 20.9 Å². The minimum Gasteiger partial charge on any atom is -0.456 e. The summed E-state index contributed by atoms with van der Waals surface area (Å²) in [6.45, 7) is 5.92. The van der Waals surface area contributed by atoms with E-state index in [-0.39, 0.29) is 11.5 Å². The van der Waals surface area contributed by atoms with Gasteiger partial charge in [0.25, 0.3) is 5.56 Å². The highest BCUT2D eigenvalue weighted by molar-refractivity contribution is 9.10. The molecule has 0 aliphatic heterocycles. The van der Waals surface area contributed by atoms with Gasteiger partial charge in [-0.1, -0.05) is 12.1 Å². The summed E-state index contributed by atoms with van der Waals surface area (Å²) < 4.78 is 7.71. The van der Waals surface area contributed by atoms with Gasteiger partial charge in [-0.3, -0.25) is 4.79 Å². The lowest BCUT2D eigenvalue weighted by molar-refractivity contribution is 0.00695. The van der Waals surface area contributed by atoms with Gasteiger partial charge in [0, 0.05) is 29.2 Å². The van der Waals surface area contributed by atoms with Crippen LogP contribution < -0.4 is 5.56 Å². The Morgan fingerprint density at radius 2 is 1.85 bits per heavy atom. The molecule has 3 rings (SSSR count). The largest absolute Gasteiger partial charge is 0.456 e. The maximum atomic E-state index is 12.3. The van der Waals surface area contributed by atoms with Crippen LogP contribution in [-0.4, -0.2) is 21.1 Å². The second kappa shape index (κ2) is 7.03. The number of benzene rings is 1. The summed E-state index contributed by atoms with van der Waals surface area (Å²) in [6.07, 6.45) is 3.48. The van der Waals surface area contributed by atoms with Gasteiger partial charge < -0.3 is 9.30 Å². The van der Waals surface area contributed by atoms with Crippen molar-refractivity contribution >= 4 is 32.7 Å². The van der Waals surface area contributed by atoms with E-state index in [1.54, 1.807) is 29.0 Å². The van der Waals surface area contributed by atoms with Crippen LogP contribution in [0.5, 0.6) is 0 Å². The van der Waals surface area contributed by atoms with Gasteiger partial charge >= 0.3 is 5.97 Å².